The molecular weight excluding hydrogens is 226 g/mol. The second kappa shape index (κ2) is 5.04. The lowest BCUT2D eigenvalue weighted by atomic mass is 10.2. The van der Waals surface area contributed by atoms with Crippen LogP contribution in [0.1, 0.15) is 18.4 Å². The molecule has 1 aromatic heterocycles. The molecule has 3 rings (SSSR count). The number of aromatic nitrogens is 1. The Bertz CT molecular complexity index is 470. The van der Waals surface area contributed by atoms with E-state index in [0.717, 1.165) is 30.8 Å². The summed E-state index contributed by atoms with van der Waals surface area (Å²) in [6, 6.07) is 3.99. The molecule has 1 saturated carbocycles. The molecule has 0 radical (unpaired) electrons. The van der Waals surface area contributed by atoms with Crippen LogP contribution in [-0.2, 0) is 6.54 Å². The van der Waals surface area contributed by atoms with E-state index in [4.69, 9.17) is 4.74 Å². The highest BCUT2D eigenvalue weighted by Gasteiger charge is 2.23. The summed E-state index contributed by atoms with van der Waals surface area (Å²) in [5.74, 6) is 0.728. The van der Waals surface area contributed by atoms with Crippen molar-refractivity contribution in [1.82, 2.24) is 9.88 Å². The minimum absolute atomic E-state index is 0.400. The summed E-state index contributed by atoms with van der Waals surface area (Å²) in [5.41, 5.74) is 1.15. The van der Waals surface area contributed by atoms with Crippen LogP contribution in [0, 0.1) is 0 Å². The summed E-state index contributed by atoms with van der Waals surface area (Å²) in [5, 5.41) is 0. The highest BCUT2D eigenvalue weighted by atomic mass is 16.5. The zero-order valence-corrected chi connectivity index (χ0v) is 10.1. The zero-order chi connectivity index (χ0) is 12.2. The topological polar surface area (TPSA) is 37.7 Å². The van der Waals surface area contributed by atoms with E-state index in [9.17, 15) is 0 Å². The number of hydrogen-bond acceptors (Lipinski definition) is 4. The Hall–Kier alpha value is -2.10. The molecular formula is C14H15N3O. The van der Waals surface area contributed by atoms with Gasteiger partial charge in [-0.1, -0.05) is 6.07 Å². The lowest BCUT2D eigenvalue weighted by Gasteiger charge is -2.14. The third-order valence-corrected chi connectivity index (χ3v) is 2.77. The van der Waals surface area contributed by atoms with Crippen molar-refractivity contribution < 1.29 is 4.74 Å². The molecule has 1 aromatic rings. The van der Waals surface area contributed by atoms with E-state index in [1.165, 1.54) is 0 Å². The third kappa shape index (κ3) is 2.97. The fourth-order valence-electron chi connectivity index (χ4n) is 1.67. The molecule has 0 bridgehead atoms. The Morgan fingerprint density at radius 3 is 3.00 bits per heavy atom. The first kappa shape index (κ1) is 11.0. The highest BCUT2D eigenvalue weighted by Crippen LogP contribution is 2.25. The van der Waals surface area contributed by atoms with Crippen molar-refractivity contribution in [3.8, 4) is 5.88 Å². The molecule has 0 spiro atoms. The van der Waals surface area contributed by atoms with Gasteiger partial charge in [-0.15, -0.1) is 0 Å². The predicted octanol–water partition coefficient (Wildman–Crippen LogP) is 2.49. The van der Waals surface area contributed by atoms with Gasteiger partial charge < -0.3 is 9.64 Å². The van der Waals surface area contributed by atoms with Gasteiger partial charge in [-0.2, -0.15) is 0 Å². The number of aliphatic imine (C=N–C) groups is 1. The molecule has 0 N–H and O–H groups in total. The molecule has 0 saturated heterocycles. The second-order valence-electron chi connectivity index (χ2n) is 4.43. The van der Waals surface area contributed by atoms with Crippen LogP contribution >= 0.6 is 0 Å². The summed E-state index contributed by atoms with van der Waals surface area (Å²) in [6.45, 7) is 0.785. The van der Waals surface area contributed by atoms with Crippen molar-refractivity contribution in [2.45, 2.75) is 25.5 Å². The van der Waals surface area contributed by atoms with Gasteiger partial charge in [0.05, 0.1) is 0 Å². The van der Waals surface area contributed by atoms with Crippen LogP contribution in [0.4, 0.5) is 0 Å². The minimum Gasteiger partial charge on any atom is -0.474 e. The van der Waals surface area contributed by atoms with E-state index in [1.807, 2.05) is 30.7 Å². The Morgan fingerprint density at radius 2 is 2.22 bits per heavy atom. The van der Waals surface area contributed by atoms with Crippen molar-refractivity contribution in [3.63, 3.8) is 0 Å². The van der Waals surface area contributed by atoms with Crippen molar-refractivity contribution in [2.24, 2.45) is 4.99 Å². The Balaban J connectivity index is 1.61. The monoisotopic (exact) mass is 241 g/mol. The first-order chi connectivity index (χ1) is 8.90. The van der Waals surface area contributed by atoms with Gasteiger partial charge in [-0.3, -0.25) is 4.99 Å². The molecule has 1 fully saturated rings. The number of pyridine rings is 1. The molecule has 4 nitrogen and oxygen atoms in total. The van der Waals surface area contributed by atoms with Crippen molar-refractivity contribution in [3.05, 3.63) is 48.6 Å². The molecule has 0 aromatic carbocycles. The first-order valence-corrected chi connectivity index (χ1v) is 6.14. The van der Waals surface area contributed by atoms with Gasteiger partial charge in [0.25, 0.3) is 0 Å². The highest BCUT2D eigenvalue weighted by molar-refractivity contribution is 5.71. The van der Waals surface area contributed by atoms with E-state index in [0.29, 0.717) is 6.10 Å². The van der Waals surface area contributed by atoms with E-state index in [2.05, 4.69) is 20.9 Å². The summed E-state index contributed by atoms with van der Waals surface area (Å²) in [4.78, 5) is 10.4. The quantitative estimate of drug-likeness (QED) is 0.812. The molecule has 0 atom stereocenters. The lowest BCUT2D eigenvalue weighted by molar-refractivity contribution is 0.291. The number of hydrogen-bond donors (Lipinski definition) is 0. The molecule has 2 aliphatic rings. The molecule has 2 heterocycles. The maximum Gasteiger partial charge on any atom is 0.213 e. The minimum atomic E-state index is 0.400. The number of rotatable bonds is 4. The molecule has 1 aliphatic heterocycles. The zero-order valence-electron chi connectivity index (χ0n) is 10.1. The predicted molar refractivity (Wildman–Crippen MR) is 70.2 cm³/mol. The van der Waals surface area contributed by atoms with Crippen molar-refractivity contribution >= 4 is 6.21 Å². The standard InChI is InChI=1S/C14H15N3O/c1-6-15-7-9-17(8-1)11-12-2-5-14(16-10-12)18-13-3-4-13/h1-2,5-10,13H,3-4,11H2. The SMILES string of the molecule is C1=CN(Cc2ccc(OC3CC3)nc2)C=CN=C1. The molecule has 1 aliphatic carbocycles. The van der Waals surface area contributed by atoms with Crippen molar-refractivity contribution in [1.29, 1.82) is 0 Å². The van der Waals surface area contributed by atoms with Crippen LogP contribution in [0.3, 0.4) is 0 Å². The van der Waals surface area contributed by atoms with E-state index in [-0.39, 0.29) is 0 Å². The molecule has 4 heteroatoms. The summed E-state index contributed by atoms with van der Waals surface area (Å²) >= 11 is 0. The maximum absolute atomic E-state index is 5.62. The first-order valence-electron chi connectivity index (χ1n) is 6.14. The Morgan fingerprint density at radius 1 is 1.28 bits per heavy atom. The van der Waals surface area contributed by atoms with Crippen molar-refractivity contribution in [2.75, 3.05) is 0 Å². The molecule has 92 valence electrons. The lowest BCUT2D eigenvalue weighted by Crippen LogP contribution is -2.09. The van der Waals surface area contributed by atoms with Crippen LogP contribution < -0.4 is 4.74 Å². The summed E-state index contributed by atoms with van der Waals surface area (Å²) in [6.07, 6.45) is 14.0. The number of allylic oxidation sites excluding steroid dienone is 1. The van der Waals surface area contributed by atoms with E-state index in [1.54, 1.807) is 12.4 Å². The van der Waals surface area contributed by atoms with Gasteiger partial charge in [-0.05, 0) is 24.5 Å². The largest absolute Gasteiger partial charge is 0.474 e. The fraction of sp³-hybridized carbons (Fsp3) is 0.286. The normalized spacial score (nSPS) is 17.9. The maximum atomic E-state index is 5.62. The summed E-state index contributed by atoms with van der Waals surface area (Å²) in [7, 11) is 0. The van der Waals surface area contributed by atoms with Crippen LogP contribution in [0.15, 0.2) is 48.0 Å². The van der Waals surface area contributed by atoms with Gasteiger partial charge in [0.2, 0.25) is 5.88 Å². The van der Waals surface area contributed by atoms with Gasteiger partial charge in [0, 0.05) is 43.6 Å². The smallest absolute Gasteiger partial charge is 0.213 e. The molecule has 18 heavy (non-hydrogen) atoms. The third-order valence-electron chi connectivity index (χ3n) is 2.77. The van der Waals surface area contributed by atoms with Crippen LogP contribution in [0.5, 0.6) is 5.88 Å². The number of ether oxygens (including phenoxy) is 1. The van der Waals surface area contributed by atoms with Gasteiger partial charge in [0.1, 0.15) is 6.10 Å². The second-order valence-corrected chi connectivity index (χ2v) is 4.43. The number of nitrogens with zero attached hydrogens (tertiary/aromatic N) is 3. The van der Waals surface area contributed by atoms with Crippen LogP contribution in [0.2, 0.25) is 0 Å². The van der Waals surface area contributed by atoms with E-state index < -0.39 is 0 Å². The average molecular weight is 241 g/mol. The molecule has 0 unspecified atom stereocenters. The van der Waals surface area contributed by atoms with Crippen LogP contribution in [-0.4, -0.2) is 22.2 Å². The van der Waals surface area contributed by atoms with Gasteiger partial charge in [-0.25, -0.2) is 4.98 Å². The Labute approximate surface area is 106 Å². The fourth-order valence-corrected chi connectivity index (χ4v) is 1.67. The average Bonchev–Trinajstić information content (AvgIpc) is 3.19. The summed E-state index contributed by atoms with van der Waals surface area (Å²) < 4.78 is 5.62. The van der Waals surface area contributed by atoms with Crippen LogP contribution in [0.25, 0.3) is 0 Å². The van der Waals surface area contributed by atoms with Gasteiger partial charge >= 0.3 is 0 Å². The Kier molecular flexibility index (Phi) is 3.08. The van der Waals surface area contributed by atoms with E-state index >= 15 is 0 Å². The van der Waals surface area contributed by atoms with Gasteiger partial charge in [0.15, 0.2) is 0 Å². The molecule has 0 amide bonds.